The fourth-order valence-corrected chi connectivity index (χ4v) is 2.33. The maximum atomic E-state index is 14.7. The van der Waals surface area contributed by atoms with Gasteiger partial charge in [0.15, 0.2) is 5.67 Å². The Labute approximate surface area is 97.9 Å². The molecule has 0 saturated heterocycles. The molecule has 0 saturated carbocycles. The fourth-order valence-electron chi connectivity index (χ4n) is 1.63. The first-order valence-corrected chi connectivity index (χ1v) is 5.94. The summed E-state index contributed by atoms with van der Waals surface area (Å²) in [6, 6.07) is 9.06. The molecule has 0 amide bonds. The van der Waals surface area contributed by atoms with Crippen molar-refractivity contribution in [3.8, 4) is 0 Å². The van der Waals surface area contributed by atoms with Gasteiger partial charge in [-0.25, -0.2) is 4.39 Å². The predicted molar refractivity (Wildman–Crippen MR) is 64.1 cm³/mol. The van der Waals surface area contributed by atoms with E-state index in [0.29, 0.717) is 5.56 Å². The van der Waals surface area contributed by atoms with Gasteiger partial charge in [-0.2, -0.15) is 0 Å². The molecule has 2 nitrogen and oxygen atoms in total. The molecule has 1 unspecified atom stereocenters. The van der Waals surface area contributed by atoms with Crippen LogP contribution in [0.25, 0.3) is 0 Å². The SMILES string of the molecule is NCC(F)(Cc1cncs1)c1ccccc1. The molecule has 2 rings (SSSR count). The summed E-state index contributed by atoms with van der Waals surface area (Å²) < 4.78 is 14.7. The number of alkyl halides is 1. The number of rotatable bonds is 4. The highest BCUT2D eigenvalue weighted by molar-refractivity contribution is 7.09. The van der Waals surface area contributed by atoms with Gasteiger partial charge in [-0.15, -0.1) is 11.3 Å². The molecule has 4 heteroatoms. The minimum Gasteiger partial charge on any atom is -0.327 e. The largest absolute Gasteiger partial charge is 0.327 e. The van der Waals surface area contributed by atoms with Crippen molar-refractivity contribution in [1.29, 1.82) is 0 Å². The average molecular weight is 236 g/mol. The molecule has 1 aromatic carbocycles. The van der Waals surface area contributed by atoms with Crippen LogP contribution in [-0.2, 0) is 12.1 Å². The monoisotopic (exact) mass is 236 g/mol. The summed E-state index contributed by atoms with van der Waals surface area (Å²) in [5.41, 5.74) is 6.41. The highest BCUT2D eigenvalue weighted by atomic mass is 32.1. The predicted octanol–water partition coefficient (Wildman–Crippen LogP) is 2.51. The lowest BCUT2D eigenvalue weighted by Crippen LogP contribution is -2.32. The van der Waals surface area contributed by atoms with E-state index < -0.39 is 5.67 Å². The first-order valence-electron chi connectivity index (χ1n) is 5.06. The van der Waals surface area contributed by atoms with Crippen LogP contribution in [0.5, 0.6) is 0 Å². The first-order chi connectivity index (χ1) is 7.74. The molecular weight excluding hydrogens is 223 g/mol. The molecule has 0 bridgehead atoms. The van der Waals surface area contributed by atoms with Crippen molar-refractivity contribution in [1.82, 2.24) is 4.98 Å². The molecular formula is C12H13FN2S. The normalized spacial score (nSPS) is 14.6. The summed E-state index contributed by atoms with van der Waals surface area (Å²) in [4.78, 5) is 4.86. The van der Waals surface area contributed by atoms with E-state index in [0.717, 1.165) is 4.88 Å². The number of benzene rings is 1. The molecule has 1 aromatic heterocycles. The van der Waals surface area contributed by atoms with Crippen molar-refractivity contribution in [3.05, 3.63) is 52.5 Å². The van der Waals surface area contributed by atoms with Crippen LogP contribution in [0.2, 0.25) is 0 Å². The molecule has 0 spiro atoms. The summed E-state index contributed by atoms with van der Waals surface area (Å²) in [5.74, 6) is 0. The standard InChI is InChI=1S/C12H13FN2S/c13-12(8-14,6-11-7-15-9-16-11)10-4-2-1-3-5-10/h1-5,7,9H,6,8,14H2. The second kappa shape index (κ2) is 4.72. The summed E-state index contributed by atoms with van der Waals surface area (Å²) in [6.07, 6.45) is 1.98. The lowest BCUT2D eigenvalue weighted by atomic mass is 9.92. The lowest BCUT2D eigenvalue weighted by Gasteiger charge is -2.23. The lowest BCUT2D eigenvalue weighted by molar-refractivity contribution is 0.176. The van der Waals surface area contributed by atoms with E-state index in [4.69, 9.17) is 5.73 Å². The van der Waals surface area contributed by atoms with Gasteiger partial charge in [-0.1, -0.05) is 30.3 Å². The molecule has 0 fully saturated rings. The van der Waals surface area contributed by atoms with Gasteiger partial charge in [0.05, 0.1) is 5.51 Å². The van der Waals surface area contributed by atoms with Crippen LogP contribution in [0.15, 0.2) is 42.0 Å². The summed E-state index contributed by atoms with van der Waals surface area (Å²) in [6.45, 7) is -0.0189. The van der Waals surface area contributed by atoms with Crippen molar-refractivity contribution in [2.75, 3.05) is 6.54 Å². The fraction of sp³-hybridized carbons (Fsp3) is 0.250. The van der Waals surface area contributed by atoms with Crippen LogP contribution >= 0.6 is 11.3 Å². The molecule has 0 radical (unpaired) electrons. The Morgan fingerprint density at radius 1 is 1.31 bits per heavy atom. The second-order valence-electron chi connectivity index (χ2n) is 3.68. The van der Waals surface area contributed by atoms with Crippen molar-refractivity contribution in [3.63, 3.8) is 0 Å². The third kappa shape index (κ3) is 2.28. The van der Waals surface area contributed by atoms with Crippen LogP contribution in [-0.4, -0.2) is 11.5 Å². The molecule has 0 aliphatic heterocycles. The minimum absolute atomic E-state index is 0.0189. The number of nitrogens with zero attached hydrogens (tertiary/aromatic N) is 1. The Bertz CT molecular complexity index is 430. The van der Waals surface area contributed by atoms with Gasteiger partial charge in [0, 0.05) is 24.0 Å². The minimum atomic E-state index is -1.49. The van der Waals surface area contributed by atoms with Crippen molar-refractivity contribution in [2.45, 2.75) is 12.1 Å². The zero-order valence-corrected chi connectivity index (χ0v) is 9.58. The van der Waals surface area contributed by atoms with Crippen molar-refractivity contribution in [2.24, 2.45) is 5.73 Å². The molecule has 1 atom stereocenters. The van der Waals surface area contributed by atoms with Gasteiger partial charge in [0.1, 0.15) is 0 Å². The number of aromatic nitrogens is 1. The van der Waals surface area contributed by atoms with Crippen LogP contribution in [0.3, 0.4) is 0 Å². The Hall–Kier alpha value is -1.26. The van der Waals surface area contributed by atoms with E-state index in [1.165, 1.54) is 11.3 Å². The number of hydrogen-bond acceptors (Lipinski definition) is 3. The summed E-state index contributed by atoms with van der Waals surface area (Å²) in [5, 5.41) is 0. The maximum Gasteiger partial charge on any atom is 0.152 e. The molecule has 16 heavy (non-hydrogen) atoms. The molecule has 2 aromatic rings. The summed E-state index contributed by atoms with van der Waals surface area (Å²) in [7, 11) is 0. The maximum absolute atomic E-state index is 14.7. The van der Waals surface area contributed by atoms with E-state index in [9.17, 15) is 4.39 Å². The van der Waals surface area contributed by atoms with Gasteiger partial charge in [-0.3, -0.25) is 4.98 Å². The van der Waals surface area contributed by atoms with Gasteiger partial charge in [0.25, 0.3) is 0 Å². The topological polar surface area (TPSA) is 38.9 Å². The number of hydrogen-bond donors (Lipinski definition) is 1. The Morgan fingerprint density at radius 2 is 2.06 bits per heavy atom. The van der Waals surface area contributed by atoms with E-state index in [2.05, 4.69) is 4.98 Å². The van der Waals surface area contributed by atoms with Crippen molar-refractivity contribution < 1.29 is 4.39 Å². The Kier molecular flexibility index (Phi) is 3.31. The number of halogens is 1. The zero-order valence-electron chi connectivity index (χ0n) is 8.77. The first kappa shape index (κ1) is 11.2. The van der Waals surface area contributed by atoms with Crippen LogP contribution in [0.4, 0.5) is 4.39 Å². The second-order valence-corrected chi connectivity index (χ2v) is 4.65. The van der Waals surface area contributed by atoms with E-state index in [1.807, 2.05) is 18.2 Å². The highest BCUT2D eigenvalue weighted by Crippen LogP contribution is 2.30. The third-order valence-electron chi connectivity index (χ3n) is 2.55. The van der Waals surface area contributed by atoms with Gasteiger partial charge in [-0.05, 0) is 5.56 Å². The molecule has 2 N–H and O–H groups in total. The van der Waals surface area contributed by atoms with E-state index in [-0.39, 0.29) is 13.0 Å². The number of nitrogens with two attached hydrogens (primary N) is 1. The molecule has 0 aliphatic carbocycles. The quantitative estimate of drug-likeness (QED) is 0.886. The molecule has 84 valence electrons. The number of thiazole rings is 1. The van der Waals surface area contributed by atoms with Crippen LogP contribution in [0.1, 0.15) is 10.4 Å². The molecule has 0 aliphatic rings. The summed E-state index contributed by atoms with van der Waals surface area (Å²) >= 11 is 1.45. The molecule has 1 heterocycles. The van der Waals surface area contributed by atoms with Gasteiger partial charge >= 0.3 is 0 Å². The van der Waals surface area contributed by atoms with Gasteiger partial charge < -0.3 is 5.73 Å². The van der Waals surface area contributed by atoms with Crippen molar-refractivity contribution >= 4 is 11.3 Å². The van der Waals surface area contributed by atoms with E-state index in [1.54, 1.807) is 23.8 Å². The Morgan fingerprint density at radius 3 is 2.62 bits per heavy atom. The van der Waals surface area contributed by atoms with Crippen LogP contribution < -0.4 is 5.73 Å². The highest BCUT2D eigenvalue weighted by Gasteiger charge is 2.30. The Balaban J connectivity index is 2.26. The third-order valence-corrected chi connectivity index (χ3v) is 3.33. The van der Waals surface area contributed by atoms with E-state index >= 15 is 0 Å². The van der Waals surface area contributed by atoms with Gasteiger partial charge in [0.2, 0.25) is 0 Å². The van der Waals surface area contributed by atoms with Crippen LogP contribution in [0, 0.1) is 0 Å². The average Bonchev–Trinajstić information content (AvgIpc) is 2.83. The smallest absolute Gasteiger partial charge is 0.152 e. The zero-order chi connectivity index (χ0) is 11.4.